The molecule has 15 heteroatoms. The summed E-state index contributed by atoms with van der Waals surface area (Å²) >= 11 is 1.06. The zero-order chi connectivity index (χ0) is 12.7. The van der Waals surface area contributed by atoms with Crippen LogP contribution in [0, 0.1) is 0 Å². The summed E-state index contributed by atoms with van der Waals surface area (Å²) in [5, 5.41) is 38.0. The van der Waals surface area contributed by atoms with Crippen LogP contribution in [0.5, 0.6) is 0 Å². The molecule has 111 valence electrons. The molecule has 0 aliphatic heterocycles. The summed E-state index contributed by atoms with van der Waals surface area (Å²) in [5.41, 5.74) is -0.0301. The Kier molecular flexibility index (Phi) is 152. The van der Waals surface area contributed by atoms with Crippen molar-refractivity contribution in [3.05, 3.63) is 30.1 Å². The normalized spacial score (nSPS) is 4.52. The summed E-state index contributed by atoms with van der Waals surface area (Å²) in [4.78, 5) is 13.5. The van der Waals surface area contributed by atoms with E-state index < -0.39 is 5.97 Å². The largest absolute Gasteiger partial charge is 0 e. The minimum Gasteiger partial charge on any atom is 0 e. The molecule has 1 aromatic heterocycles. The Balaban J connectivity index is -0.0000000156. The van der Waals surface area contributed by atoms with Crippen LogP contribution < -0.4 is 129 Å². The third kappa shape index (κ3) is 45.1. The van der Waals surface area contributed by atoms with E-state index in [9.17, 15) is 9.90 Å². The Hall–Kier alpha value is 3.21. The Morgan fingerprint density at radius 3 is 1.43 bits per heavy atom. The number of aromatic carboxylic acids is 1. The second kappa shape index (κ2) is 56.7. The van der Waals surface area contributed by atoms with Crippen molar-refractivity contribution in [3.8, 4) is 0 Å². The molecule has 0 saturated carbocycles. The van der Waals surface area contributed by atoms with Crippen molar-refractivity contribution in [1.29, 1.82) is 0 Å². The van der Waals surface area contributed by atoms with Gasteiger partial charge in [0.15, 0.2) is 0 Å². The van der Waals surface area contributed by atoms with Gasteiger partial charge in [0.1, 0.15) is 0 Å². The fourth-order valence-corrected chi connectivity index (χ4v) is 0.484. The number of pyridine rings is 1. The fourth-order valence-electron chi connectivity index (χ4n) is 0.484. The molecule has 0 bridgehead atoms. The fraction of sp³-hybridized carbons (Fsp3) is 0. The van der Waals surface area contributed by atoms with Gasteiger partial charge in [0.2, 0.25) is 0 Å². The van der Waals surface area contributed by atoms with Crippen LogP contribution in [0.2, 0.25) is 0 Å². The van der Waals surface area contributed by atoms with Crippen LogP contribution in [-0.2, 0) is 58.2 Å². The van der Waals surface area contributed by atoms with Crippen molar-refractivity contribution in [3.63, 3.8) is 0 Å². The van der Waals surface area contributed by atoms with Gasteiger partial charge >= 0.3 is 124 Å². The van der Waals surface area contributed by atoms with Gasteiger partial charge in [-0.25, -0.2) is 0 Å². The van der Waals surface area contributed by atoms with E-state index in [1.165, 1.54) is 12.3 Å². The van der Waals surface area contributed by atoms with E-state index in [2.05, 4.69) is 4.98 Å². The molecule has 0 aliphatic carbocycles. The van der Waals surface area contributed by atoms with Gasteiger partial charge in [-0.1, -0.05) is 6.07 Å². The third-order valence-corrected chi connectivity index (χ3v) is 0.874. The molecule has 0 aliphatic rings. The Bertz CT molecular complexity index is 250. The number of carbonyl (C=O) groups is 1. The van der Waals surface area contributed by atoms with Crippen LogP contribution in [0.25, 0.3) is 0 Å². The summed E-state index contributed by atoms with van der Waals surface area (Å²) in [6, 6.07) is 4.62. The average Bonchev–Trinajstić information content (AvgIpc) is 2.38. The van der Waals surface area contributed by atoms with Gasteiger partial charge in [-0.05, 0) is 12.1 Å². The van der Waals surface area contributed by atoms with Crippen LogP contribution in [0.15, 0.2) is 24.4 Å². The predicted molar refractivity (Wildman–Crippen MR) is 36.5 cm³/mol. The van der Waals surface area contributed by atoms with E-state index in [1.807, 2.05) is 0 Å². The van der Waals surface area contributed by atoms with E-state index in [0.29, 0.717) is 0 Å². The predicted octanol–water partition coefficient (Wildman–Crippen LogP) is -13.1. The first-order valence-corrected chi connectivity index (χ1v) is 3.51. The van der Waals surface area contributed by atoms with Crippen molar-refractivity contribution in [2.45, 2.75) is 0 Å². The number of carboxylic acid groups (broad SMARTS) is 1. The van der Waals surface area contributed by atoms with Gasteiger partial charge in [-0.3, -0.25) is 4.98 Å². The second-order valence-electron chi connectivity index (χ2n) is 1.50. The zero-order valence-corrected chi connectivity index (χ0v) is 21.4. The molecule has 1 heterocycles. The molecule has 0 aromatic carbocycles. The molecular formula is C6H8K2NO9V3-3. The summed E-state index contributed by atoms with van der Waals surface area (Å²) in [5.74, 6) is -1.24. The first-order chi connectivity index (χ1) is 7.30. The Labute approximate surface area is 238 Å². The first-order valence-electron chi connectivity index (χ1n) is 2.94. The summed E-state index contributed by atoms with van der Waals surface area (Å²) in [6.07, 6.45) is 1.41. The van der Waals surface area contributed by atoms with Gasteiger partial charge in [-0.2, -0.15) is 0 Å². The molecule has 2 radical (unpaired) electrons. The van der Waals surface area contributed by atoms with Gasteiger partial charge in [-0.15, -0.1) is 0 Å². The van der Waals surface area contributed by atoms with Crippen molar-refractivity contribution in [2.24, 2.45) is 0 Å². The topological polar surface area (TPSA) is 225 Å². The number of nitrogens with zero attached hydrogens (tertiary/aromatic N) is 1. The van der Waals surface area contributed by atoms with E-state index in [4.69, 9.17) is 24.7 Å². The number of hydrogen-bond acceptors (Lipinski definition) is 8. The average molecular weight is 469 g/mol. The molecule has 10 nitrogen and oxygen atoms in total. The molecule has 1 rings (SSSR count). The Morgan fingerprint density at radius 2 is 1.29 bits per heavy atom. The molecule has 0 atom stereocenters. The maximum atomic E-state index is 10.0. The molecule has 0 saturated heterocycles. The molecule has 0 fully saturated rings. The molecular weight excluding hydrogens is 461 g/mol. The monoisotopic (exact) mass is 469 g/mol. The summed E-state index contributed by atoms with van der Waals surface area (Å²) in [7, 11) is 0. The molecule has 0 unspecified atom stereocenters. The van der Waals surface area contributed by atoms with Crippen LogP contribution >= 0.6 is 0 Å². The molecule has 4 N–H and O–H groups in total. The number of rotatable bonds is 1. The van der Waals surface area contributed by atoms with Crippen molar-refractivity contribution in [1.82, 2.24) is 4.98 Å². The number of carboxylic acids is 1. The van der Waals surface area contributed by atoms with Crippen LogP contribution in [-0.4, -0.2) is 21.9 Å². The van der Waals surface area contributed by atoms with Crippen molar-refractivity contribution >= 4 is 5.97 Å². The zero-order valence-electron chi connectivity index (χ0n) is 11.0. The molecule has 21 heavy (non-hydrogen) atoms. The smallest absolute Gasteiger partial charge is 0 e. The number of hydrogen-bond donors (Lipinski definition) is 0. The van der Waals surface area contributed by atoms with Gasteiger partial charge in [0, 0.05) is 43.3 Å². The number of carbonyl (C=O) groups excluding carboxylic acids is 1. The van der Waals surface area contributed by atoms with E-state index >= 15 is 0 Å². The van der Waals surface area contributed by atoms with Crippen LogP contribution in [0.4, 0.5) is 0 Å². The van der Waals surface area contributed by atoms with E-state index in [-0.39, 0.29) is 157 Å². The summed E-state index contributed by atoms with van der Waals surface area (Å²) in [6.45, 7) is 0. The van der Waals surface area contributed by atoms with Gasteiger partial charge < -0.3 is 41.9 Å². The second-order valence-corrected chi connectivity index (χ2v) is 1.50. The standard InChI is InChI=1S/C6H5NO2.2K.2O2.2H2O.O.3V/c8-6(9)5-3-1-2-4-7-5;;;2*1-2;;;;;;/h1-4H,(H,8,9);;;;;2*1H2;;;;/q;2*+1;2*-2;;;;;;/p-1. The minimum absolute atomic E-state index is 0. The molecule has 0 amide bonds. The minimum atomic E-state index is -1.24. The van der Waals surface area contributed by atoms with Gasteiger partial charge in [0.25, 0.3) is 0 Å². The van der Waals surface area contributed by atoms with E-state index in [0.717, 1.165) is 17.4 Å². The number of aromatic nitrogens is 1. The first kappa shape index (κ1) is 56.4. The van der Waals surface area contributed by atoms with Gasteiger partial charge in [0.05, 0.1) is 11.7 Å². The summed E-state index contributed by atoms with van der Waals surface area (Å²) < 4.78 is 8.19. The van der Waals surface area contributed by atoms with Crippen molar-refractivity contribution < 1.29 is 203 Å². The molecule has 1 aromatic rings. The molecule has 0 spiro atoms. The maximum Gasteiger partial charge on any atom is 0 e. The SMILES string of the molecule is O.O.O=C([O-])c1ccccn1.[K+].[K+].[O-][O-].[O-][O-].[O]=[V].[V].[V]. The maximum absolute atomic E-state index is 10.0. The van der Waals surface area contributed by atoms with Crippen LogP contribution in [0.1, 0.15) is 10.5 Å². The Morgan fingerprint density at radius 1 is 0.952 bits per heavy atom. The van der Waals surface area contributed by atoms with Crippen LogP contribution in [0.3, 0.4) is 0 Å². The third-order valence-electron chi connectivity index (χ3n) is 0.874. The van der Waals surface area contributed by atoms with Crippen molar-refractivity contribution in [2.75, 3.05) is 0 Å². The van der Waals surface area contributed by atoms with E-state index in [1.54, 1.807) is 12.1 Å². The quantitative estimate of drug-likeness (QED) is 0.217.